The molecule has 0 saturated heterocycles. The third-order valence-corrected chi connectivity index (χ3v) is 4.14. The molecule has 0 fully saturated rings. The van der Waals surface area contributed by atoms with Crippen LogP contribution in [0.3, 0.4) is 0 Å². The van der Waals surface area contributed by atoms with Crippen LogP contribution in [0.2, 0.25) is 0 Å². The fourth-order valence-electron chi connectivity index (χ4n) is 1.88. The molecule has 21 heavy (non-hydrogen) atoms. The molecule has 0 bridgehead atoms. The number of ether oxygens (including phenoxy) is 1. The Hall–Kier alpha value is -1.88. The van der Waals surface area contributed by atoms with Crippen LogP contribution in [0.1, 0.15) is 31.3 Å². The lowest BCUT2D eigenvalue weighted by atomic mass is 10.2. The van der Waals surface area contributed by atoms with E-state index in [0.29, 0.717) is 12.5 Å². The summed E-state index contributed by atoms with van der Waals surface area (Å²) in [6.45, 7) is 6.98. The molecule has 5 heteroatoms. The predicted octanol–water partition coefficient (Wildman–Crippen LogP) is 3.69. The van der Waals surface area contributed by atoms with Gasteiger partial charge in [-0.1, -0.05) is 20.8 Å². The minimum absolute atomic E-state index is 0.0903. The Balaban J connectivity index is 2.20. The first-order chi connectivity index (χ1) is 10.0. The Morgan fingerprint density at radius 1 is 1.33 bits per heavy atom. The largest absolute Gasteiger partial charge is 0.493 e. The second-order valence-electron chi connectivity index (χ2n) is 5.29. The topological polar surface area (TPSA) is 72.0 Å². The van der Waals surface area contributed by atoms with Crippen LogP contribution in [0.5, 0.6) is 5.75 Å². The van der Waals surface area contributed by atoms with Gasteiger partial charge in [-0.15, -0.1) is 11.3 Å². The van der Waals surface area contributed by atoms with Crippen molar-refractivity contribution in [1.82, 2.24) is 4.98 Å². The summed E-state index contributed by atoms with van der Waals surface area (Å²) in [5.41, 5.74) is 7.53. The van der Waals surface area contributed by atoms with Gasteiger partial charge in [0, 0.05) is 5.56 Å². The summed E-state index contributed by atoms with van der Waals surface area (Å²) in [5, 5.41) is 8.51. The summed E-state index contributed by atoms with van der Waals surface area (Å²) in [7, 11) is 0. The lowest BCUT2D eigenvalue weighted by Gasteiger charge is -2.08. The van der Waals surface area contributed by atoms with Gasteiger partial charge < -0.3 is 10.5 Å². The van der Waals surface area contributed by atoms with Crippen LogP contribution in [0, 0.1) is 11.3 Å². The van der Waals surface area contributed by atoms with Gasteiger partial charge in [0.05, 0.1) is 17.2 Å². The van der Waals surface area contributed by atoms with Crippen LogP contribution in [0.15, 0.2) is 24.3 Å². The number of nitrogens with one attached hydrogen (secondary N) is 1. The van der Waals surface area contributed by atoms with Crippen LogP contribution in [0.25, 0.3) is 10.6 Å². The van der Waals surface area contributed by atoms with E-state index in [4.69, 9.17) is 15.9 Å². The Kier molecular flexibility index (Phi) is 4.96. The van der Waals surface area contributed by atoms with Gasteiger partial charge in [0.15, 0.2) is 0 Å². The molecule has 0 aliphatic rings. The van der Waals surface area contributed by atoms with Gasteiger partial charge in [-0.05, 0) is 36.6 Å². The maximum absolute atomic E-state index is 7.61. The quantitative estimate of drug-likeness (QED) is 0.631. The molecule has 0 spiro atoms. The number of aryl methyl sites for hydroxylation is 1. The molecule has 0 saturated carbocycles. The van der Waals surface area contributed by atoms with Crippen molar-refractivity contribution in [2.24, 2.45) is 11.7 Å². The van der Waals surface area contributed by atoms with Crippen molar-refractivity contribution in [2.75, 3.05) is 6.61 Å². The van der Waals surface area contributed by atoms with E-state index in [2.05, 4.69) is 18.8 Å². The number of benzene rings is 1. The van der Waals surface area contributed by atoms with E-state index >= 15 is 0 Å². The number of nitrogen functional groups attached to an aromatic ring is 1. The zero-order valence-electron chi connectivity index (χ0n) is 12.6. The van der Waals surface area contributed by atoms with Crippen molar-refractivity contribution in [3.8, 4) is 16.3 Å². The number of nitrogens with two attached hydrogens (primary N) is 1. The summed E-state index contributed by atoms with van der Waals surface area (Å²) in [4.78, 5) is 5.35. The third-order valence-electron chi connectivity index (χ3n) is 2.96. The minimum atomic E-state index is 0.0903. The van der Waals surface area contributed by atoms with Crippen LogP contribution >= 0.6 is 11.3 Å². The molecule has 2 aromatic rings. The van der Waals surface area contributed by atoms with Crippen molar-refractivity contribution in [1.29, 1.82) is 5.41 Å². The maximum Gasteiger partial charge on any atom is 0.135 e. The van der Waals surface area contributed by atoms with Crippen molar-refractivity contribution < 1.29 is 4.74 Å². The average molecular weight is 303 g/mol. The highest BCUT2D eigenvalue weighted by Crippen LogP contribution is 2.29. The smallest absolute Gasteiger partial charge is 0.135 e. The Morgan fingerprint density at radius 3 is 2.48 bits per heavy atom. The molecule has 112 valence electrons. The number of aromatic nitrogens is 1. The summed E-state index contributed by atoms with van der Waals surface area (Å²) in [6.07, 6.45) is 0.779. The molecule has 1 heterocycles. The summed E-state index contributed by atoms with van der Waals surface area (Å²) in [5.74, 6) is 1.47. The van der Waals surface area contributed by atoms with Crippen molar-refractivity contribution >= 4 is 17.2 Å². The molecule has 1 aromatic carbocycles. The molecule has 0 unspecified atom stereocenters. The van der Waals surface area contributed by atoms with Gasteiger partial charge in [0.1, 0.15) is 16.6 Å². The van der Waals surface area contributed by atoms with Gasteiger partial charge in [-0.25, -0.2) is 4.98 Å². The Bertz CT molecular complexity index is 617. The molecule has 0 radical (unpaired) electrons. The first kappa shape index (κ1) is 15.5. The van der Waals surface area contributed by atoms with E-state index in [1.54, 1.807) is 0 Å². The number of hydrogen-bond acceptors (Lipinski definition) is 4. The molecule has 0 aliphatic heterocycles. The fourth-order valence-corrected chi connectivity index (χ4v) is 2.90. The normalized spacial score (nSPS) is 10.9. The lowest BCUT2D eigenvalue weighted by molar-refractivity contribution is 0.271. The van der Waals surface area contributed by atoms with E-state index in [0.717, 1.165) is 33.3 Å². The maximum atomic E-state index is 7.61. The van der Waals surface area contributed by atoms with Gasteiger partial charge >= 0.3 is 0 Å². The Morgan fingerprint density at radius 2 is 2.00 bits per heavy atom. The monoisotopic (exact) mass is 303 g/mol. The minimum Gasteiger partial charge on any atom is -0.493 e. The molecule has 0 amide bonds. The molecule has 3 N–H and O–H groups in total. The highest BCUT2D eigenvalue weighted by atomic mass is 32.1. The fraction of sp³-hybridized carbons (Fsp3) is 0.375. The standard InChI is InChI=1S/C16H21N3OS/c1-4-13-14(15(17)18)21-16(19-13)11-5-7-12(8-6-11)20-9-10(2)3/h5-8,10H,4,9H2,1-3H3,(H3,17,18). The molecular formula is C16H21N3OS. The highest BCUT2D eigenvalue weighted by Gasteiger charge is 2.13. The number of amidine groups is 1. The second kappa shape index (κ2) is 6.72. The molecular weight excluding hydrogens is 282 g/mol. The van der Waals surface area contributed by atoms with Gasteiger partial charge in [-0.2, -0.15) is 0 Å². The highest BCUT2D eigenvalue weighted by molar-refractivity contribution is 7.17. The van der Waals surface area contributed by atoms with Crippen molar-refractivity contribution in [3.63, 3.8) is 0 Å². The van der Waals surface area contributed by atoms with Gasteiger partial charge in [0.2, 0.25) is 0 Å². The van der Waals surface area contributed by atoms with Crippen LogP contribution in [-0.4, -0.2) is 17.4 Å². The second-order valence-corrected chi connectivity index (χ2v) is 6.29. The first-order valence-electron chi connectivity index (χ1n) is 7.08. The van der Waals surface area contributed by atoms with Gasteiger partial charge in [-0.3, -0.25) is 5.41 Å². The van der Waals surface area contributed by atoms with Crippen LogP contribution in [-0.2, 0) is 6.42 Å². The number of thiazole rings is 1. The SMILES string of the molecule is CCc1nc(-c2ccc(OCC(C)C)cc2)sc1C(=N)N. The van der Waals surface area contributed by atoms with Gasteiger partial charge in [0.25, 0.3) is 0 Å². The lowest BCUT2D eigenvalue weighted by Crippen LogP contribution is -2.11. The van der Waals surface area contributed by atoms with Crippen molar-refractivity contribution in [2.45, 2.75) is 27.2 Å². The third kappa shape index (κ3) is 3.82. The van der Waals surface area contributed by atoms with E-state index in [1.807, 2.05) is 31.2 Å². The zero-order valence-corrected chi connectivity index (χ0v) is 13.5. The van der Waals surface area contributed by atoms with E-state index in [-0.39, 0.29) is 5.84 Å². The zero-order chi connectivity index (χ0) is 15.4. The van der Waals surface area contributed by atoms with E-state index in [1.165, 1.54) is 11.3 Å². The van der Waals surface area contributed by atoms with Crippen molar-refractivity contribution in [3.05, 3.63) is 34.8 Å². The number of hydrogen-bond donors (Lipinski definition) is 2. The van der Waals surface area contributed by atoms with E-state index in [9.17, 15) is 0 Å². The molecule has 4 nitrogen and oxygen atoms in total. The molecule has 0 atom stereocenters. The van der Waals surface area contributed by atoms with E-state index < -0.39 is 0 Å². The average Bonchev–Trinajstić information content (AvgIpc) is 2.90. The van der Waals surface area contributed by atoms with Crippen LogP contribution < -0.4 is 10.5 Å². The first-order valence-corrected chi connectivity index (χ1v) is 7.90. The summed E-state index contributed by atoms with van der Waals surface area (Å²) >= 11 is 1.47. The molecule has 2 rings (SSSR count). The molecule has 0 aliphatic carbocycles. The van der Waals surface area contributed by atoms with Crippen LogP contribution in [0.4, 0.5) is 0 Å². The summed E-state index contributed by atoms with van der Waals surface area (Å²) < 4.78 is 5.68. The number of nitrogens with zero attached hydrogens (tertiary/aromatic N) is 1. The molecule has 1 aromatic heterocycles. The summed E-state index contributed by atoms with van der Waals surface area (Å²) in [6, 6.07) is 7.91. The number of rotatable bonds is 6. The predicted molar refractivity (Wildman–Crippen MR) is 88.3 cm³/mol. The Labute approximate surface area is 129 Å².